The third-order valence-corrected chi connectivity index (χ3v) is 0.878. The Balaban J connectivity index is -0.0000000403. The van der Waals surface area contributed by atoms with Gasteiger partial charge in [-0.2, -0.15) is 0 Å². The van der Waals surface area contributed by atoms with Crippen molar-refractivity contribution < 1.29 is 1.43 Å². The van der Waals surface area contributed by atoms with Crippen molar-refractivity contribution in [3.05, 3.63) is 36.5 Å². The van der Waals surface area contributed by atoms with Gasteiger partial charge < -0.3 is 0 Å². The van der Waals surface area contributed by atoms with E-state index >= 15 is 0 Å². The maximum Gasteiger partial charge on any atom is 0 e. The molecule has 1 heteroatoms. The van der Waals surface area contributed by atoms with Gasteiger partial charge in [0.05, 0.1) is 0 Å². The summed E-state index contributed by atoms with van der Waals surface area (Å²) in [5.74, 6) is 0.833. The van der Waals surface area contributed by atoms with Crippen LogP contribution >= 0.6 is 0 Å². The monoisotopic (exact) mass is 210 g/mol. The molecule has 0 saturated carbocycles. The highest BCUT2D eigenvalue weighted by atomic mass is 13.8. The maximum absolute atomic E-state index is 2.17. The number of rotatable bonds is 0. The van der Waals surface area contributed by atoms with Crippen LogP contribution in [0.25, 0.3) is 0 Å². The zero-order valence-corrected chi connectivity index (χ0v) is 10.3. The summed E-state index contributed by atoms with van der Waals surface area (Å²) in [6.07, 6.45) is 13.5. The average molecular weight is 210 g/mol. The van der Waals surface area contributed by atoms with E-state index in [4.69, 9.17) is 0 Å². The summed E-state index contributed by atoms with van der Waals surface area (Å²) < 4.78 is 0. The molecule has 0 saturated heterocycles. The van der Waals surface area contributed by atoms with Crippen LogP contribution < -0.4 is 0 Å². The number of hydrogen-bond acceptors (Lipinski definition) is 0. The van der Waals surface area contributed by atoms with Crippen molar-refractivity contribution in [2.75, 3.05) is 0 Å². The Hall–Kier alpha value is -0.715. The van der Waals surface area contributed by atoms with E-state index in [1.54, 1.807) is 0 Å². The lowest BCUT2D eigenvalue weighted by Gasteiger charge is -1.79. The highest BCUT2D eigenvalue weighted by Gasteiger charge is 1.70. The summed E-state index contributed by atoms with van der Waals surface area (Å²) in [4.78, 5) is 0. The van der Waals surface area contributed by atoms with E-state index in [2.05, 4.69) is 45.1 Å². The first kappa shape index (κ1) is 23.8. The first-order chi connectivity index (χ1) is 6.23. The second-order valence-electron chi connectivity index (χ2n) is 3.21. The lowest BCUT2D eigenvalue weighted by atomic mass is 10.3. The summed E-state index contributed by atoms with van der Waals surface area (Å²) in [6, 6.07) is 0. The highest BCUT2D eigenvalue weighted by Crippen LogP contribution is 1.91. The standard InChI is InChI=1S/C7H8.C4H10.C2H6.CH4.B.H2/c1-2-4-6-7-5-3-1;1-4(2)3;1-2;;;/h1-6H,7H2;4H,1-3H3;1-2H3;1H4;;1H/i;;;;;1+1. The first-order valence-corrected chi connectivity index (χ1v) is 5.22. The Morgan fingerprint density at radius 3 is 1.40 bits per heavy atom. The van der Waals surface area contributed by atoms with Gasteiger partial charge in [-0.25, -0.2) is 0 Å². The van der Waals surface area contributed by atoms with E-state index < -0.39 is 0 Å². The van der Waals surface area contributed by atoms with E-state index in [9.17, 15) is 0 Å². The highest BCUT2D eigenvalue weighted by molar-refractivity contribution is 5.75. The quantitative estimate of drug-likeness (QED) is 0.479. The number of hydrogen-bond donors (Lipinski definition) is 0. The van der Waals surface area contributed by atoms with Crippen LogP contribution in [-0.4, -0.2) is 8.41 Å². The van der Waals surface area contributed by atoms with Crippen molar-refractivity contribution in [2.24, 2.45) is 5.92 Å². The van der Waals surface area contributed by atoms with Gasteiger partial charge in [-0.3, -0.25) is 0 Å². The summed E-state index contributed by atoms with van der Waals surface area (Å²) in [5.41, 5.74) is 0. The molecule has 0 atom stereocenters. The van der Waals surface area contributed by atoms with E-state index in [1.807, 2.05) is 26.0 Å². The minimum absolute atomic E-state index is 0. The minimum Gasteiger partial charge on any atom is -0.0807 e. The Kier molecular flexibility index (Phi) is 37.0. The molecule has 0 unspecified atom stereocenters. The lowest BCUT2D eigenvalue weighted by Crippen LogP contribution is -1.66. The summed E-state index contributed by atoms with van der Waals surface area (Å²) in [7, 11) is 0. The summed E-state index contributed by atoms with van der Waals surface area (Å²) >= 11 is 0. The van der Waals surface area contributed by atoms with Gasteiger partial charge in [0, 0.05) is 9.84 Å². The van der Waals surface area contributed by atoms with Crippen molar-refractivity contribution in [1.82, 2.24) is 0 Å². The molecule has 1 rings (SSSR count). The Bertz CT molecular complexity index is 141. The van der Waals surface area contributed by atoms with E-state index in [0.717, 1.165) is 12.3 Å². The van der Waals surface area contributed by atoms with Crippen LogP contribution in [0.3, 0.4) is 0 Å². The van der Waals surface area contributed by atoms with E-state index in [1.165, 1.54) is 0 Å². The first-order valence-electron chi connectivity index (χ1n) is 5.22. The van der Waals surface area contributed by atoms with Crippen molar-refractivity contribution >= 4 is 8.41 Å². The molecule has 0 spiro atoms. The average Bonchev–Trinajstić information content (AvgIpc) is 2.37. The zero-order valence-electron chi connectivity index (χ0n) is 10.3. The van der Waals surface area contributed by atoms with Crippen LogP contribution in [0.5, 0.6) is 0 Å². The third-order valence-electron chi connectivity index (χ3n) is 0.878. The predicted molar refractivity (Wildman–Crippen MR) is 78.5 cm³/mol. The summed E-state index contributed by atoms with van der Waals surface area (Å²) in [5, 5.41) is 0. The normalized spacial score (nSPS) is 10.8. The van der Waals surface area contributed by atoms with Crippen molar-refractivity contribution in [3.63, 3.8) is 0 Å². The molecule has 0 nitrogen and oxygen atoms in total. The molecule has 0 bridgehead atoms. The topological polar surface area (TPSA) is 0 Å². The maximum atomic E-state index is 2.17. The van der Waals surface area contributed by atoms with Gasteiger partial charge in [-0.1, -0.05) is 78.5 Å². The van der Waals surface area contributed by atoms with Gasteiger partial charge in [-0.05, 0) is 12.3 Å². The molecule has 0 aliphatic heterocycles. The van der Waals surface area contributed by atoms with Gasteiger partial charge in [0.25, 0.3) is 0 Å². The second-order valence-corrected chi connectivity index (χ2v) is 3.21. The molecule has 0 aromatic carbocycles. The lowest BCUT2D eigenvalue weighted by molar-refractivity contribution is 0.737. The molecule has 0 aromatic rings. The molecular weight excluding hydrogens is 179 g/mol. The van der Waals surface area contributed by atoms with Gasteiger partial charge in [-0.15, -0.1) is 0 Å². The molecule has 0 N–H and O–H groups in total. The van der Waals surface area contributed by atoms with E-state index in [-0.39, 0.29) is 17.3 Å². The zero-order chi connectivity index (χ0) is 10.5. The minimum atomic E-state index is 0. The fourth-order valence-corrected chi connectivity index (χ4v) is 0.521. The van der Waals surface area contributed by atoms with Crippen molar-refractivity contribution in [3.8, 4) is 0 Å². The molecule has 3 radical (unpaired) electrons. The van der Waals surface area contributed by atoms with Gasteiger partial charge in [0.15, 0.2) is 0 Å². The van der Waals surface area contributed by atoms with Crippen LogP contribution in [-0.2, 0) is 0 Å². The Morgan fingerprint density at radius 1 is 0.867 bits per heavy atom. The molecule has 0 heterocycles. The third kappa shape index (κ3) is 42.8. The van der Waals surface area contributed by atoms with Gasteiger partial charge in [0.2, 0.25) is 0 Å². The van der Waals surface area contributed by atoms with Crippen molar-refractivity contribution in [1.29, 1.82) is 0 Å². The Labute approximate surface area is 101 Å². The van der Waals surface area contributed by atoms with Crippen LogP contribution in [0.15, 0.2) is 36.5 Å². The number of allylic oxidation sites excluding steroid dienone is 6. The van der Waals surface area contributed by atoms with E-state index in [0.29, 0.717) is 0 Å². The fraction of sp³-hybridized carbons (Fsp3) is 0.571. The molecular formula is C14H30B. The molecule has 1 aliphatic carbocycles. The fourth-order valence-electron chi connectivity index (χ4n) is 0.521. The largest absolute Gasteiger partial charge is 0.0807 e. The van der Waals surface area contributed by atoms with Gasteiger partial charge >= 0.3 is 0 Å². The van der Waals surface area contributed by atoms with Crippen LogP contribution in [0, 0.1) is 5.92 Å². The summed E-state index contributed by atoms with van der Waals surface area (Å²) in [6.45, 7) is 10.5. The van der Waals surface area contributed by atoms with Crippen molar-refractivity contribution in [2.45, 2.75) is 48.5 Å². The molecule has 89 valence electrons. The van der Waals surface area contributed by atoms with Crippen LogP contribution in [0.2, 0.25) is 0 Å². The second kappa shape index (κ2) is 23.3. The molecule has 0 fully saturated rings. The predicted octanol–water partition coefficient (Wildman–Crippen LogP) is 5.25. The van der Waals surface area contributed by atoms with Crippen LogP contribution in [0.4, 0.5) is 0 Å². The van der Waals surface area contributed by atoms with Gasteiger partial charge in [0.1, 0.15) is 0 Å². The SMILES string of the molecule is C.C1=CC=CCC=C1.CC.CC(C)C.[2HH].[B]. The molecule has 0 amide bonds. The molecule has 1 aliphatic rings. The van der Waals surface area contributed by atoms with Crippen LogP contribution in [0.1, 0.15) is 49.9 Å². The molecule has 0 aromatic heterocycles. The smallest absolute Gasteiger partial charge is 0 e. The molecule has 15 heavy (non-hydrogen) atoms. The Morgan fingerprint density at radius 2 is 1.13 bits per heavy atom.